The molecule has 146 valence electrons. The maximum absolute atomic E-state index is 13.0. The van der Waals surface area contributed by atoms with E-state index >= 15 is 0 Å². The van der Waals surface area contributed by atoms with E-state index in [-0.39, 0.29) is 24.4 Å². The van der Waals surface area contributed by atoms with Crippen molar-refractivity contribution in [3.63, 3.8) is 0 Å². The number of hydrogen-bond donors (Lipinski definition) is 1. The first-order valence-corrected chi connectivity index (χ1v) is 9.74. The van der Waals surface area contributed by atoms with E-state index in [0.717, 1.165) is 18.5 Å². The molecule has 1 saturated carbocycles. The molecule has 2 unspecified atom stereocenters. The number of amides is 2. The Morgan fingerprint density at radius 3 is 2.30 bits per heavy atom. The number of hydrogen-bond acceptors (Lipinski definition) is 3. The summed E-state index contributed by atoms with van der Waals surface area (Å²) in [5.74, 6) is -2.21. The van der Waals surface area contributed by atoms with Crippen molar-refractivity contribution in [2.75, 3.05) is 18.0 Å². The van der Waals surface area contributed by atoms with Crippen LogP contribution in [0.4, 0.5) is 5.69 Å². The van der Waals surface area contributed by atoms with Gasteiger partial charge in [0.25, 0.3) is 0 Å². The SMILES string of the molecule is CC(CN(C(=O)C1CCN(c2ccc(C(C)C)cc2)C1=O)C1CC1)C(=O)O. The Morgan fingerprint density at radius 1 is 1.15 bits per heavy atom. The molecule has 2 fully saturated rings. The number of rotatable bonds is 7. The Morgan fingerprint density at radius 2 is 1.78 bits per heavy atom. The molecule has 0 spiro atoms. The molecule has 3 rings (SSSR count). The summed E-state index contributed by atoms with van der Waals surface area (Å²) in [6.45, 7) is 6.53. The summed E-state index contributed by atoms with van der Waals surface area (Å²) in [7, 11) is 0. The van der Waals surface area contributed by atoms with Crippen molar-refractivity contribution in [3.8, 4) is 0 Å². The molecule has 1 aliphatic heterocycles. The molecule has 6 nitrogen and oxygen atoms in total. The molecule has 2 amide bonds. The molecule has 1 aromatic rings. The van der Waals surface area contributed by atoms with Gasteiger partial charge in [-0.05, 0) is 42.9 Å². The van der Waals surface area contributed by atoms with Crippen LogP contribution in [0.25, 0.3) is 0 Å². The van der Waals surface area contributed by atoms with Gasteiger partial charge >= 0.3 is 5.97 Å². The molecule has 27 heavy (non-hydrogen) atoms. The first-order valence-electron chi connectivity index (χ1n) is 9.74. The smallest absolute Gasteiger partial charge is 0.308 e. The zero-order valence-corrected chi connectivity index (χ0v) is 16.2. The second-order valence-electron chi connectivity index (χ2n) is 8.04. The topological polar surface area (TPSA) is 77.9 Å². The Balaban J connectivity index is 1.71. The molecule has 1 N–H and O–H groups in total. The van der Waals surface area contributed by atoms with Gasteiger partial charge in [-0.2, -0.15) is 0 Å². The standard InChI is InChI=1S/C21H28N2O4/c1-13(2)15-4-6-16(7-5-15)22-11-10-18(19(22)24)20(25)23(17-8-9-17)12-14(3)21(26)27/h4-7,13-14,17-18H,8-12H2,1-3H3,(H,26,27). The fourth-order valence-corrected chi connectivity index (χ4v) is 3.58. The van der Waals surface area contributed by atoms with E-state index in [4.69, 9.17) is 0 Å². The molecule has 1 heterocycles. The van der Waals surface area contributed by atoms with Gasteiger partial charge in [0.1, 0.15) is 5.92 Å². The zero-order chi connectivity index (χ0) is 19.7. The summed E-state index contributed by atoms with van der Waals surface area (Å²) in [4.78, 5) is 40.4. The molecular weight excluding hydrogens is 344 g/mol. The van der Waals surface area contributed by atoms with Crippen molar-refractivity contribution in [2.45, 2.75) is 52.0 Å². The summed E-state index contributed by atoms with van der Waals surface area (Å²) >= 11 is 0. The third-order valence-corrected chi connectivity index (χ3v) is 5.54. The van der Waals surface area contributed by atoms with E-state index in [1.54, 1.807) is 16.7 Å². The fourth-order valence-electron chi connectivity index (χ4n) is 3.58. The Kier molecular flexibility index (Phi) is 5.53. The van der Waals surface area contributed by atoms with Crippen LogP contribution in [-0.2, 0) is 14.4 Å². The lowest BCUT2D eigenvalue weighted by Crippen LogP contribution is -2.44. The van der Waals surface area contributed by atoms with Gasteiger partial charge in [0.2, 0.25) is 11.8 Å². The number of benzene rings is 1. The van der Waals surface area contributed by atoms with Crippen LogP contribution in [0.15, 0.2) is 24.3 Å². The lowest BCUT2D eigenvalue weighted by atomic mass is 10.0. The van der Waals surface area contributed by atoms with Crippen molar-refractivity contribution in [3.05, 3.63) is 29.8 Å². The predicted octanol–water partition coefficient (Wildman–Crippen LogP) is 2.87. The minimum Gasteiger partial charge on any atom is -0.481 e. The number of carboxylic acid groups (broad SMARTS) is 1. The summed E-state index contributed by atoms with van der Waals surface area (Å²) < 4.78 is 0. The predicted molar refractivity (Wildman–Crippen MR) is 103 cm³/mol. The monoisotopic (exact) mass is 372 g/mol. The number of aliphatic carboxylic acids is 1. The third kappa shape index (κ3) is 4.15. The quantitative estimate of drug-likeness (QED) is 0.747. The number of anilines is 1. The molecule has 0 aromatic heterocycles. The second-order valence-corrected chi connectivity index (χ2v) is 8.04. The van der Waals surface area contributed by atoms with Gasteiger partial charge in [0.05, 0.1) is 5.92 Å². The first kappa shape index (κ1) is 19.4. The summed E-state index contributed by atoms with van der Waals surface area (Å²) in [6.07, 6.45) is 2.26. The lowest BCUT2D eigenvalue weighted by Gasteiger charge is -2.27. The lowest BCUT2D eigenvalue weighted by molar-refractivity contribution is -0.145. The van der Waals surface area contributed by atoms with Crippen LogP contribution in [0.3, 0.4) is 0 Å². The number of carbonyl (C=O) groups is 3. The number of carbonyl (C=O) groups excluding carboxylic acids is 2. The molecule has 2 aliphatic rings. The van der Waals surface area contributed by atoms with Crippen LogP contribution in [-0.4, -0.2) is 46.9 Å². The Labute approximate surface area is 160 Å². The number of carboxylic acids is 1. The zero-order valence-electron chi connectivity index (χ0n) is 16.2. The highest BCUT2D eigenvalue weighted by molar-refractivity contribution is 6.09. The van der Waals surface area contributed by atoms with Gasteiger partial charge in [-0.15, -0.1) is 0 Å². The molecule has 2 atom stereocenters. The number of nitrogens with zero attached hydrogens (tertiary/aromatic N) is 2. The average Bonchev–Trinajstić information content (AvgIpc) is 3.40. The molecule has 1 aliphatic carbocycles. The van der Waals surface area contributed by atoms with Gasteiger partial charge in [-0.1, -0.05) is 32.9 Å². The molecule has 0 bridgehead atoms. The maximum atomic E-state index is 13.0. The third-order valence-electron chi connectivity index (χ3n) is 5.54. The van der Waals surface area contributed by atoms with Gasteiger partial charge in [-0.25, -0.2) is 0 Å². The van der Waals surface area contributed by atoms with Crippen molar-refractivity contribution >= 4 is 23.5 Å². The largest absolute Gasteiger partial charge is 0.481 e. The van der Waals surface area contributed by atoms with Gasteiger partial charge in [0.15, 0.2) is 0 Å². The van der Waals surface area contributed by atoms with Crippen molar-refractivity contribution in [2.24, 2.45) is 11.8 Å². The molecule has 6 heteroatoms. The molecule has 1 aromatic carbocycles. The van der Waals surface area contributed by atoms with Crippen LogP contribution in [0.1, 0.15) is 51.5 Å². The van der Waals surface area contributed by atoms with Crippen LogP contribution < -0.4 is 4.90 Å². The van der Waals surface area contributed by atoms with E-state index < -0.39 is 17.8 Å². The average molecular weight is 372 g/mol. The minimum absolute atomic E-state index is 0.0893. The minimum atomic E-state index is -0.918. The van der Waals surface area contributed by atoms with Crippen LogP contribution in [0, 0.1) is 11.8 Å². The summed E-state index contributed by atoms with van der Waals surface area (Å²) in [5.41, 5.74) is 2.03. The van der Waals surface area contributed by atoms with Crippen molar-refractivity contribution in [1.29, 1.82) is 0 Å². The van der Waals surface area contributed by atoms with E-state index in [1.165, 1.54) is 5.56 Å². The molecule has 1 saturated heterocycles. The van der Waals surface area contributed by atoms with E-state index in [9.17, 15) is 19.5 Å². The van der Waals surface area contributed by atoms with Gasteiger partial charge < -0.3 is 14.9 Å². The molecular formula is C21H28N2O4. The summed E-state index contributed by atoms with van der Waals surface area (Å²) in [5, 5.41) is 9.17. The fraction of sp³-hybridized carbons (Fsp3) is 0.571. The highest BCUT2D eigenvalue weighted by Gasteiger charge is 2.44. The first-order chi connectivity index (χ1) is 12.8. The second kappa shape index (κ2) is 7.71. The maximum Gasteiger partial charge on any atom is 0.308 e. The highest BCUT2D eigenvalue weighted by Crippen LogP contribution is 2.33. The summed E-state index contributed by atoms with van der Waals surface area (Å²) in [6, 6.07) is 8.00. The van der Waals surface area contributed by atoms with Gasteiger partial charge in [0, 0.05) is 24.8 Å². The van der Waals surface area contributed by atoms with Crippen molar-refractivity contribution in [1.82, 2.24) is 4.90 Å². The van der Waals surface area contributed by atoms with Crippen LogP contribution in [0.2, 0.25) is 0 Å². The van der Waals surface area contributed by atoms with Crippen LogP contribution in [0.5, 0.6) is 0 Å². The normalized spacial score (nSPS) is 20.8. The van der Waals surface area contributed by atoms with E-state index in [0.29, 0.717) is 18.9 Å². The van der Waals surface area contributed by atoms with Crippen LogP contribution >= 0.6 is 0 Å². The van der Waals surface area contributed by atoms with E-state index in [1.807, 2.05) is 24.3 Å². The Hall–Kier alpha value is -2.37. The molecule has 0 radical (unpaired) electrons. The highest BCUT2D eigenvalue weighted by atomic mass is 16.4. The Bertz CT molecular complexity index is 724. The van der Waals surface area contributed by atoms with Crippen molar-refractivity contribution < 1.29 is 19.5 Å². The van der Waals surface area contributed by atoms with Gasteiger partial charge in [-0.3, -0.25) is 14.4 Å². The van der Waals surface area contributed by atoms with E-state index in [2.05, 4.69) is 13.8 Å².